The van der Waals surface area contributed by atoms with Crippen molar-refractivity contribution in [2.45, 2.75) is 13.0 Å². The first kappa shape index (κ1) is 11.4. The molecule has 3 aromatic rings. The van der Waals surface area contributed by atoms with Gasteiger partial charge in [0, 0.05) is 37.3 Å². The van der Waals surface area contributed by atoms with Crippen LogP contribution in [0.25, 0.3) is 5.65 Å². The molecule has 1 N–H and O–H groups in total. The van der Waals surface area contributed by atoms with E-state index in [9.17, 15) is 0 Å². The maximum Gasteiger partial charge on any atom is 0.137 e. The van der Waals surface area contributed by atoms with Crippen LogP contribution in [0.4, 0.5) is 0 Å². The fraction of sp³-hybridized carbons (Fsp3) is 0.231. The largest absolute Gasteiger partial charge is 0.311 e. The zero-order valence-electron chi connectivity index (χ0n) is 9.91. The SMILES string of the molecule is c1ccn2cc(CNCCc3cscn3)nc2c1. The van der Waals surface area contributed by atoms with Gasteiger partial charge in [-0.25, -0.2) is 9.97 Å². The summed E-state index contributed by atoms with van der Waals surface area (Å²) in [7, 11) is 0. The number of thiazole rings is 1. The van der Waals surface area contributed by atoms with Gasteiger partial charge < -0.3 is 9.72 Å². The molecule has 5 heteroatoms. The second kappa shape index (κ2) is 5.29. The Morgan fingerprint density at radius 1 is 1.28 bits per heavy atom. The first-order valence-corrected chi connectivity index (χ1v) is 6.86. The lowest BCUT2D eigenvalue weighted by Gasteiger charge is -1.99. The van der Waals surface area contributed by atoms with Crippen molar-refractivity contribution in [3.05, 3.63) is 52.9 Å². The Bertz CT molecular complexity index is 582. The highest BCUT2D eigenvalue weighted by molar-refractivity contribution is 7.07. The summed E-state index contributed by atoms with van der Waals surface area (Å²) in [6.07, 6.45) is 5.04. The van der Waals surface area contributed by atoms with Gasteiger partial charge in [-0.1, -0.05) is 6.07 Å². The van der Waals surface area contributed by atoms with Crippen LogP contribution < -0.4 is 5.32 Å². The molecular weight excluding hydrogens is 244 g/mol. The van der Waals surface area contributed by atoms with Crippen molar-refractivity contribution in [3.8, 4) is 0 Å². The fourth-order valence-corrected chi connectivity index (χ4v) is 2.46. The predicted molar refractivity (Wildman–Crippen MR) is 72.7 cm³/mol. The van der Waals surface area contributed by atoms with Crippen LogP contribution in [0.2, 0.25) is 0 Å². The van der Waals surface area contributed by atoms with Crippen molar-refractivity contribution in [2.75, 3.05) is 6.54 Å². The van der Waals surface area contributed by atoms with Crippen molar-refractivity contribution in [2.24, 2.45) is 0 Å². The molecule has 0 aromatic carbocycles. The van der Waals surface area contributed by atoms with Crippen molar-refractivity contribution >= 4 is 17.0 Å². The van der Waals surface area contributed by atoms with Gasteiger partial charge in [0.05, 0.1) is 16.9 Å². The van der Waals surface area contributed by atoms with Gasteiger partial charge in [0.1, 0.15) is 5.65 Å². The van der Waals surface area contributed by atoms with Crippen molar-refractivity contribution in [1.82, 2.24) is 19.7 Å². The third kappa shape index (κ3) is 2.57. The average molecular weight is 258 g/mol. The number of nitrogens with zero attached hydrogens (tertiary/aromatic N) is 3. The van der Waals surface area contributed by atoms with Crippen LogP contribution in [0.15, 0.2) is 41.5 Å². The van der Waals surface area contributed by atoms with E-state index < -0.39 is 0 Å². The monoisotopic (exact) mass is 258 g/mol. The number of nitrogens with one attached hydrogen (secondary N) is 1. The van der Waals surface area contributed by atoms with Gasteiger partial charge in [0.25, 0.3) is 0 Å². The van der Waals surface area contributed by atoms with Crippen molar-refractivity contribution in [1.29, 1.82) is 0 Å². The van der Waals surface area contributed by atoms with Crippen LogP contribution in [-0.4, -0.2) is 20.9 Å². The second-order valence-electron chi connectivity index (χ2n) is 4.10. The Kier molecular flexibility index (Phi) is 3.34. The lowest BCUT2D eigenvalue weighted by molar-refractivity contribution is 0.672. The third-order valence-corrected chi connectivity index (χ3v) is 3.40. The minimum atomic E-state index is 0.797. The summed E-state index contributed by atoms with van der Waals surface area (Å²) < 4.78 is 2.04. The Balaban J connectivity index is 1.53. The van der Waals surface area contributed by atoms with E-state index >= 15 is 0 Å². The maximum absolute atomic E-state index is 4.53. The summed E-state index contributed by atoms with van der Waals surface area (Å²) >= 11 is 1.64. The molecule has 0 unspecified atom stereocenters. The molecule has 0 spiro atoms. The van der Waals surface area contributed by atoms with Crippen LogP contribution in [-0.2, 0) is 13.0 Å². The molecule has 3 rings (SSSR count). The van der Waals surface area contributed by atoms with Crippen LogP contribution in [0, 0.1) is 0 Å². The highest BCUT2D eigenvalue weighted by atomic mass is 32.1. The molecule has 0 radical (unpaired) electrons. The molecule has 0 atom stereocenters. The van der Waals surface area contributed by atoms with Crippen molar-refractivity contribution in [3.63, 3.8) is 0 Å². The van der Waals surface area contributed by atoms with E-state index in [1.807, 2.05) is 34.3 Å². The first-order valence-electron chi connectivity index (χ1n) is 5.92. The molecule has 0 bridgehead atoms. The zero-order chi connectivity index (χ0) is 12.2. The van der Waals surface area contributed by atoms with Gasteiger partial charge in [0.15, 0.2) is 0 Å². The molecule has 3 heterocycles. The molecule has 0 fully saturated rings. The lowest BCUT2D eigenvalue weighted by Crippen LogP contribution is -2.16. The summed E-state index contributed by atoms with van der Waals surface area (Å²) in [5.74, 6) is 0. The normalized spacial score (nSPS) is 11.1. The molecule has 92 valence electrons. The number of fused-ring (bicyclic) bond motifs is 1. The highest BCUT2D eigenvalue weighted by Crippen LogP contribution is 2.04. The molecule has 4 nitrogen and oxygen atoms in total. The third-order valence-electron chi connectivity index (χ3n) is 2.76. The van der Waals surface area contributed by atoms with Gasteiger partial charge in [-0.15, -0.1) is 11.3 Å². The van der Waals surface area contributed by atoms with Gasteiger partial charge >= 0.3 is 0 Å². The van der Waals surface area contributed by atoms with E-state index in [1.54, 1.807) is 11.3 Å². The van der Waals surface area contributed by atoms with E-state index in [0.29, 0.717) is 0 Å². The van der Waals surface area contributed by atoms with Gasteiger partial charge in [-0.2, -0.15) is 0 Å². The van der Waals surface area contributed by atoms with Crippen LogP contribution in [0.3, 0.4) is 0 Å². The summed E-state index contributed by atoms with van der Waals surface area (Å²) in [6, 6.07) is 6.02. The Morgan fingerprint density at radius 3 is 3.11 bits per heavy atom. The van der Waals surface area contributed by atoms with Gasteiger partial charge in [-0.3, -0.25) is 0 Å². The summed E-state index contributed by atoms with van der Waals surface area (Å²) in [5.41, 5.74) is 5.09. The first-order chi connectivity index (χ1) is 8.92. The Labute approximate surface area is 109 Å². The zero-order valence-corrected chi connectivity index (χ0v) is 10.7. The number of pyridine rings is 1. The molecule has 0 saturated carbocycles. The Hall–Kier alpha value is -1.72. The van der Waals surface area contributed by atoms with Crippen LogP contribution >= 0.6 is 11.3 Å². The second-order valence-corrected chi connectivity index (χ2v) is 4.82. The molecule has 0 amide bonds. The van der Waals surface area contributed by atoms with E-state index in [-0.39, 0.29) is 0 Å². The van der Waals surface area contributed by atoms with Crippen molar-refractivity contribution < 1.29 is 0 Å². The van der Waals surface area contributed by atoms with Crippen LogP contribution in [0.5, 0.6) is 0 Å². The van der Waals surface area contributed by atoms with Gasteiger partial charge in [-0.05, 0) is 12.1 Å². The molecule has 0 aliphatic carbocycles. The highest BCUT2D eigenvalue weighted by Gasteiger charge is 2.00. The molecule has 0 saturated heterocycles. The van der Waals surface area contributed by atoms with E-state index in [4.69, 9.17) is 0 Å². The number of aromatic nitrogens is 3. The smallest absolute Gasteiger partial charge is 0.137 e. The lowest BCUT2D eigenvalue weighted by atomic mass is 10.3. The number of rotatable bonds is 5. The number of hydrogen-bond donors (Lipinski definition) is 1. The number of imidazole rings is 1. The molecule has 0 aliphatic rings. The van der Waals surface area contributed by atoms with Crippen LogP contribution in [0.1, 0.15) is 11.4 Å². The molecular formula is C13H14N4S. The fourth-order valence-electron chi connectivity index (χ4n) is 1.87. The average Bonchev–Trinajstić information content (AvgIpc) is 3.03. The molecule has 18 heavy (non-hydrogen) atoms. The quantitative estimate of drug-likeness (QED) is 0.713. The topological polar surface area (TPSA) is 42.2 Å². The summed E-state index contributed by atoms with van der Waals surface area (Å²) in [6.45, 7) is 1.73. The van der Waals surface area contributed by atoms with E-state index in [0.717, 1.165) is 36.5 Å². The number of hydrogen-bond acceptors (Lipinski definition) is 4. The molecule has 0 aliphatic heterocycles. The van der Waals surface area contributed by atoms with Gasteiger partial charge in [0.2, 0.25) is 0 Å². The van der Waals surface area contributed by atoms with E-state index in [1.165, 1.54) is 0 Å². The summed E-state index contributed by atoms with van der Waals surface area (Å²) in [4.78, 5) is 8.79. The Morgan fingerprint density at radius 2 is 2.28 bits per heavy atom. The molecule has 3 aromatic heterocycles. The minimum Gasteiger partial charge on any atom is -0.311 e. The predicted octanol–water partition coefficient (Wildman–Crippen LogP) is 2.12. The maximum atomic E-state index is 4.53. The van der Waals surface area contributed by atoms with E-state index in [2.05, 4.69) is 26.9 Å². The standard InChI is InChI=1S/C13H14N4S/c1-2-6-17-8-12(16-13(17)3-1)7-14-5-4-11-9-18-10-15-11/h1-3,6,8-10,14H,4-5,7H2. The minimum absolute atomic E-state index is 0.797. The summed E-state index contributed by atoms with van der Waals surface area (Å²) in [5, 5.41) is 5.48.